The molecule has 2 rings (SSSR count). The average Bonchev–Trinajstić information content (AvgIpc) is 2.63. The van der Waals surface area contributed by atoms with E-state index in [-0.39, 0.29) is 6.10 Å². The number of halogens is 1. The van der Waals surface area contributed by atoms with E-state index in [9.17, 15) is 5.11 Å². The Balaban J connectivity index is 1.97. The van der Waals surface area contributed by atoms with E-state index in [4.69, 9.17) is 11.6 Å². The molecule has 2 atom stereocenters. The van der Waals surface area contributed by atoms with Gasteiger partial charge in [-0.15, -0.1) is 5.10 Å². The van der Waals surface area contributed by atoms with Crippen molar-refractivity contribution in [3.8, 4) is 0 Å². The van der Waals surface area contributed by atoms with Crippen LogP contribution in [0.1, 0.15) is 12.6 Å². The van der Waals surface area contributed by atoms with Crippen LogP contribution in [0.3, 0.4) is 0 Å². The molecule has 0 saturated carbocycles. The van der Waals surface area contributed by atoms with Crippen molar-refractivity contribution < 1.29 is 5.11 Å². The highest BCUT2D eigenvalue weighted by molar-refractivity contribution is 7.10. The smallest absolute Gasteiger partial charge is 0.138 e. The molecule has 1 N–H and O–H groups in total. The summed E-state index contributed by atoms with van der Waals surface area (Å²) >= 11 is 7.10. The molecule has 0 radical (unpaired) electrons. The van der Waals surface area contributed by atoms with Crippen LogP contribution in [0.15, 0.2) is 0 Å². The minimum absolute atomic E-state index is 0.222. The number of rotatable bonds is 2. The van der Waals surface area contributed by atoms with Gasteiger partial charge in [0.05, 0.1) is 6.10 Å². The van der Waals surface area contributed by atoms with E-state index in [1.54, 1.807) is 0 Å². The van der Waals surface area contributed by atoms with Crippen molar-refractivity contribution in [2.45, 2.75) is 19.6 Å². The van der Waals surface area contributed by atoms with Crippen molar-refractivity contribution in [1.29, 1.82) is 0 Å². The molecular weight excluding hydrogens is 222 g/mol. The highest BCUT2D eigenvalue weighted by Gasteiger charge is 2.28. The maximum Gasteiger partial charge on any atom is 0.138 e. The largest absolute Gasteiger partial charge is 0.391 e. The molecule has 2 unspecified atom stereocenters. The highest BCUT2D eigenvalue weighted by Crippen LogP contribution is 2.22. The number of aliphatic hydroxyl groups is 1. The quantitative estimate of drug-likeness (QED) is 0.828. The summed E-state index contributed by atoms with van der Waals surface area (Å²) < 4.78 is 4.42. The summed E-state index contributed by atoms with van der Waals surface area (Å²) in [5, 5.41) is 13.5. The van der Waals surface area contributed by atoms with Gasteiger partial charge in [-0.05, 0) is 5.92 Å². The molecular formula is C8H12ClN3OS. The third-order valence-corrected chi connectivity index (χ3v) is 3.52. The zero-order valence-electron chi connectivity index (χ0n) is 7.85. The van der Waals surface area contributed by atoms with Gasteiger partial charge < -0.3 is 5.11 Å². The number of likely N-dealkylation sites (tertiary alicyclic amines) is 1. The van der Waals surface area contributed by atoms with Gasteiger partial charge in [0.2, 0.25) is 0 Å². The number of hydrogen-bond donors (Lipinski definition) is 1. The lowest BCUT2D eigenvalue weighted by atomic mass is 10.1. The van der Waals surface area contributed by atoms with Crippen molar-refractivity contribution in [2.24, 2.45) is 5.92 Å². The summed E-state index contributed by atoms with van der Waals surface area (Å²) in [6, 6.07) is 0. The Labute approximate surface area is 91.7 Å². The SMILES string of the molecule is CC1CN(Cc2nnsc2Cl)CC1O. The van der Waals surface area contributed by atoms with Crippen molar-refractivity contribution in [3.05, 3.63) is 10.0 Å². The summed E-state index contributed by atoms with van der Waals surface area (Å²) in [5.74, 6) is 0.334. The Morgan fingerprint density at radius 1 is 1.64 bits per heavy atom. The Morgan fingerprint density at radius 3 is 2.93 bits per heavy atom. The zero-order valence-corrected chi connectivity index (χ0v) is 9.42. The van der Waals surface area contributed by atoms with E-state index in [2.05, 4.69) is 14.5 Å². The summed E-state index contributed by atoms with van der Waals surface area (Å²) in [7, 11) is 0. The minimum Gasteiger partial charge on any atom is -0.391 e. The van der Waals surface area contributed by atoms with E-state index in [1.165, 1.54) is 11.5 Å². The monoisotopic (exact) mass is 233 g/mol. The molecule has 2 heterocycles. The summed E-state index contributed by atoms with van der Waals surface area (Å²) in [6.07, 6.45) is -0.222. The first-order chi connectivity index (χ1) is 6.66. The van der Waals surface area contributed by atoms with Gasteiger partial charge in [0.15, 0.2) is 0 Å². The van der Waals surface area contributed by atoms with Gasteiger partial charge in [0.25, 0.3) is 0 Å². The lowest BCUT2D eigenvalue weighted by molar-refractivity contribution is 0.147. The number of aliphatic hydroxyl groups excluding tert-OH is 1. The third kappa shape index (κ3) is 2.06. The van der Waals surface area contributed by atoms with Crippen LogP contribution >= 0.6 is 23.1 Å². The Bertz CT molecular complexity index is 309. The molecule has 1 aliphatic heterocycles. The first kappa shape index (κ1) is 10.3. The molecule has 0 aromatic carbocycles. The number of aromatic nitrogens is 2. The van der Waals surface area contributed by atoms with Crippen LogP contribution in [0, 0.1) is 5.92 Å². The van der Waals surface area contributed by atoms with Gasteiger partial charge >= 0.3 is 0 Å². The summed E-state index contributed by atoms with van der Waals surface area (Å²) in [4.78, 5) is 2.15. The molecule has 1 aromatic rings. The van der Waals surface area contributed by atoms with Crippen LogP contribution in [0.25, 0.3) is 0 Å². The lowest BCUT2D eigenvalue weighted by Crippen LogP contribution is -2.21. The molecule has 6 heteroatoms. The topological polar surface area (TPSA) is 49.2 Å². The van der Waals surface area contributed by atoms with Gasteiger partial charge in [-0.2, -0.15) is 0 Å². The van der Waals surface area contributed by atoms with Gasteiger partial charge in [0.1, 0.15) is 10.0 Å². The second-order valence-electron chi connectivity index (χ2n) is 3.73. The molecule has 1 fully saturated rings. The van der Waals surface area contributed by atoms with Crippen molar-refractivity contribution in [1.82, 2.24) is 14.5 Å². The second-order valence-corrected chi connectivity index (χ2v) is 5.09. The van der Waals surface area contributed by atoms with Gasteiger partial charge in [-0.25, -0.2) is 0 Å². The molecule has 0 aliphatic carbocycles. The molecule has 0 bridgehead atoms. The summed E-state index contributed by atoms with van der Waals surface area (Å²) in [5.41, 5.74) is 0.818. The zero-order chi connectivity index (χ0) is 10.1. The molecule has 4 nitrogen and oxygen atoms in total. The highest BCUT2D eigenvalue weighted by atomic mass is 35.5. The van der Waals surface area contributed by atoms with Crippen LogP contribution in [0.2, 0.25) is 4.34 Å². The van der Waals surface area contributed by atoms with Crippen molar-refractivity contribution in [2.75, 3.05) is 13.1 Å². The number of β-amino-alcohol motifs (C(OH)–C–C–N with tert-alkyl or cyclic N) is 1. The van der Waals surface area contributed by atoms with Crippen LogP contribution in [-0.2, 0) is 6.54 Å². The van der Waals surface area contributed by atoms with Crippen LogP contribution in [0.5, 0.6) is 0 Å². The first-order valence-electron chi connectivity index (χ1n) is 4.54. The molecule has 0 spiro atoms. The fraction of sp³-hybridized carbons (Fsp3) is 0.750. The van der Waals surface area contributed by atoms with Gasteiger partial charge in [-0.3, -0.25) is 4.90 Å². The van der Waals surface area contributed by atoms with E-state index in [1.807, 2.05) is 6.92 Å². The van der Waals surface area contributed by atoms with E-state index >= 15 is 0 Å². The molecule has 1 saturated heterocycles. The van der Waals surface area contributed by atoms with Crippen molar-refractivity contribution in [3.63, 3.8) is 0 Å². The van der Waals surface area contributed by atoms with Crippen LogP contribution in [-0.4, -0.2) is 38.8 Å². The average molecular weight is 234 g/mol. The van der Waals surface area contributed by atoms with Gasteiger partial charge in [-0.1, -0.05) is 23.0 Å². The maximum absolute atomic E-state index is 9.56. The predicted molar refractivity (Wildman–Crippen MR) is 55.4 cm³/mol. The number of hydrogen-bond acceptors (Lipinski definition) is 5. The second kappa shape index (κ2) is 4.10. The predicted octanol–water partition coefficient (Wildman–Crippen LogP) is 1.00. The van der Waals surface area contributed by atoms with E-state index < -0.39 is 0 Å². The molecule has 1 aromatic heterocycles. The lowest BCUT2D eigenvalue weighted by Gasteiger charge is -2.12. The first-order valence-corrected chi connectivity index (χ1v) is 5.69. The molecule has 1 aliphatic rings. The van der Waals surface area contributed by atoms with Crippen molar-refractivity contribution >= 4 is 23.1 Å². The van der Waals surface area contributed by atoms with E-state index in [0.29, 0.717) is 23.3 Å². The summed E-state index contributed by atoms with van der Waals surface area (Å²) in [6.45, 7) is 4.34. The molecule has 0 amide bonds. The van der Waals surface area contributed by atoms with Crippen LogP contribution < -0.4 is 0 Å². The van der Waals surface area contributed by atoms with Gasteiger partial charge in [0, 0.05) is 31.2 Å². The van der Waals surface area contributed by atoms with Crippen LogP contribution in [0.4, 0.5) is 0 Å². The molecule has 78 valence electrons. The third-order valence-electron chi connectivity index (χ3n) is 2.53. The Morgan fingerprint density at radius 2 is 2.43 bits per heavy atom. The number of nitrogens with zero attached hydrogens (tertiary/aromatic N) is 3. The molecule has 14 heavy (non-hydrogen) atoms. The van der Waals surface area contributed by atoms with E-state index in [0.717, 1.165) is 12.2 Å². The Hall–Kier alpha value is -0.230. The minimum atomic E-state index is -0.222. The fourth-order valence-electron chi connectivity index (χ4n) is 1.68. The fourth-order valence-corrected chi connectivity index (χ4v) is 2.29. The Kier molecular flexibility index (Phi) is 3.02. The normalized spacial score (nSPS) is 28.5. The maximum atomic E-state index is 9.56. The standard InChI is InChI=1S/C8H12ClN3OS/c1-5-2-12(4-7(5)13)3-6-8(9)14-11-10-6/h5,7,13H,2-4H2,1H3.